The topological polar surface area (TPSA) is 59.9 Å². The van der Waals surface area contributed by atoms with Crippen molar-refractivity contribution in [3.63, 3.8) is 0 Å². The van der Waals surface area contributed by atoms with Crippen LogP contribution in [-0.2, 0) is 11.3 Å². The molecule has 0 saturated carbocycles. The quantitative estimate of drug-likeness (QED) is 0.796. The Bertz CT molecular complexity index is 773. The lowest BCUT2D eigenvalue weighted by Crippen LogP contribution is -2.02. The fourth-order valence-electron chi connectivity index (χ4n) is 2.19. The van der Waals surface area contributed by atoms with E-state index in [1.165, 1.54) is 0 Å². The molecule has 0 aliphatic carbocycles. The maximum Gasteiger partial charge on any atom is 0.157 e. The number of hydrogen-bond donors (Lipinski definition) is 1. The van der Waals surface area contributed by atoms with Crippen molar-refractivity contribution in [2.45, 2.75) is 6.61 Å². The van der Waals surface area contributed by atoms with Crippen molar-refractivity contribution in [1.82, 2.24) is 15.0 Å². The van der Waals surface area contributed by atoms with Crippen LogP contribution in [0.1, 0.15) is 5.82 Å². The molecule has 0 aliphatic rings. The van der Waals surface area contributed by atoms with Gasteiger partial charge in [0.15, 0.2) is 5.82 Å². The lowest BCUT2D eigenvalue weighted by molar-refractivity contribution is 0.178. The zero-order valence-electron chi connectivity index (χ0n) is 12.0. The number of nitrogens with zero attached hydrogens (tertiary/aromatic N) is 3. The normalized spacial score (nSPS) is 10.8. The number of hydrogen-bond acceptors (Lipinski definition) is 5. The van der Waals surface area contributed by atoms with E-state index in [1.807, 2.05) is 37.4 Å². The fourth-order valence-corrected chi connectivity index (χ4v) is 2.19. The Kier molecular flexibility index (Phi) is 3.75. The minimum Gasteiger partial charge on any atom is -0.377 e. The van der Waals surface area contributed by atoms with Gasteiger partial charge < -0.3 is 10.1 Å². The monoisotopic (exact) mass is 280 g/mol. The predicted molar refractivity (Wildman–Crippen MR) is 83.0 cm³/mol. The van der Waals surface area contributed by atoms with E-state index < -0.39 is 0 Å². The third-order valence-electron chi connectivity index (χ3n) is 3.20. The van der Waals surface area contributed by atoms with Crippen LogP contribution in [0.3, 0.4) is 0 Å². The summed E-state index contributed by atoms with van der Waals surface area (Å²) in [5.41, 5.74) is 2.82. The number of nitrogens with one attached hydrogen (secondary N) is 1. The van der Waals surface area contributed by atoms with Gasteiger partial charge in [0.25, 0.3) is 0 Å². The second-order valence-electron chi connectivity index (χ2n) is 4.65. The van der Waals surface area contributed by atoms with Crippen molar-refractivity contribution in [2.24, 2.45) is 0 Å². The van der Waals surface area contributed by atoms with Crippen LogP contribution < -0.4 is 5.32 Å². The second kappa shape index (κ2) is 5.85. The highest BCUT2D eigenvalue weighted by molar-refractivity contribution is 5.83. The molecule has 0 saturated heterocycles. The van der Waals surface area contributed by atoms with E-state index in [0.29, 0.717) is 12.4 Å². The van der Waals surface area contributed by atoms with Gasteiger partial charge in [-0.15, -0.1) is 0 Å². The van der Waals surface area contributed by atoms with Gasteiger partial charge in [-0.3, -0.25) is 4.98 Å². The molecule has 0 bridgehead atoms. The van der Waals surface area contributed by atoms with Crippen LogP contribution in [0, 0.1) is 0 Å². The molecule has 1 N–H and O–H groups in total. The van der Waals surface area contributed by atoms with Gasteiger partial charge in [-0.05, 0) is 12.1 Å². The average molecular weight is 280 g/mol. The van der Waals surface area contributed by atoms with Crippen LogP contribution in [0.2, 0.25) is 0 Å². The molecule has 0 radical (unpaired) electrons. The van der Waals surface area contributed by atoms with Gasteiger partial charge in [0, 0.05) is 37.4 Å². The number of anilines is 1. The first-order chi connectivity index (χ1) is 10.3. The molecule has 3 aromatic rings. The summed E-state index contributed by atoms with van der Waals surface area (Å²) in [6.45, 7) is 0.383. The summed E-state index contributed by atoms with van der Waals surface area (Å²) in [6.07, 6.45) is 1.79. The Labute approximate surface area is 123 Å². The second-order valence-corrected chi connectivity index (χ2v) is 4.65. The minimum atomic E-state index is 0.383. The smallest absolute Gasteiger partial charge is 0.157 e. The van der Waals surface area contributed by atoms with Gasteiger partial charge in [0.1, 0.15) is 12.4 Å². The van der Waals surface area contributed by atoms with E-state index in [9.17, 15) is 0 Å². The molecule has 0 fully saturated rings. The van der Waals surface area contributed by atoms with Gasteiger partial charge in [0.05, 0.1) is 11.2 Å². The number of ether oxygens (including phenoxy) is 1. The molecule has 2 heterocycles. The van der Waals surface area contributed by atoms with Crippen molar-refractivity contribution in [3.8, 4) is 11.3 Å². The van der Waals surface area contributed by atoms with Gasteiger partial charge in [-0.25, -0.2) is 9.97 Å². The number of pyridine rings is 1. The Morgan fingerprint density at radius 2 is 2.05 bits per heavy atom. The molecule has 5 heteroatoms. The summed E-state index contributed by atoms with van der Waals surface area (Å²) >= 11 is 0. The molecule has 21 heavy (non-hydrogen) atoms. The third kappa shape index (κ3) is 2.83. The molecule has 1 aromatic carbocycles. The lowest BCUT2D eigenvalue weighted by Gasteiger charge is -2.08. The van der Waals surface area contributed by atoms with E-state index in [-0.39, 0.29) is 0 Å². The summed E-state index contributed by atoms with van der Waals surface area (Å²) < 4.78 is 5.12. The van der Waals surface area contributed by atoms with Crippen LogP contribution >= 0.6 is 0 Å². The van der Waals surface area contributed by atoms with E-state index in [2.05, 4.69) is 26.3 Å². The molecule has 0 unspecified atom stereocenters. The highest BCUT2D eigenvalue weighted by Gasteiger charge is 2.07. The van der Waals surface area contributed by atoms with Gasteiger partial charge in [-0.2, -0.15) is 0 Å². The number of methoxy groups -OCH3 is 1. The standard InChI is InChI=1S/C16H16N4O/c1-17-15-9-14(19-16(20-15)10-21-2)12-6-5-11-4-3-7-18-13(11)8-12/h3-9H,10H2,1-2H3,(H,17,19,20). The summed E-state index contributed by atoms with van der Waals surface area (Å²) in [7, 11) is 3.47. The first-order valence-corrected chi connectivity index (χ1v) is 6.70. The van der Waals surface area contributed by atoms with Gasteiger partial charge in [0.2, 0.25) is 0 Å². The Balaban J connectivity index is 2.10. The summed E-state index contributed by atoms with van der Waals surface area (Å²) in [6, 6.07) is 12.0. The fraction of sp³-hybridized carbons (Fsp3) is 0.188. The van der Waals surface area contributed by atoms with Crippen molar-refractivity contribution in [2.75, 3.05) is 19.5 Å². The molecule has 0 atom stereocenters. The molecule has 0 amide bonds. The number of rotatable bonds is 4. The Morgan fingerprint density at radius 1 is 1.14 bits per heavy atom. The highest BCUT2D eigenvalue weighted by Crippen LogP contribution is 2.23. The van der Waals surface area contributed by atoms with E-state index in [0.717, 1.165) is 28.0 Å². The van der Waals surface area contributed by atoms with Crippen LogP contribution in [0.5, 0.6) is 0 Å². The van der Waals surface area contributed by atoms with Gasteiger partial charge >= 0.3 is 0 Å². The molecule has 2 aromatic heterocycles. The average Bonchev–Trinajstić information content (AvgIpc) is 2.54. The molecule has 3 rings (SSSR count). The number of aromatic nitrogens is 3. The number of benzene rings is 1. The van der Waals surface area contributed by atoms with Crippen molar-refractivity contribution >= 4 is 16.7 Å². The maximum absolute atomic E-state index is 5.12. The zero-order valence-corrected chi connectivity index (χ0v) is 12.0. The zero-order chi connectivity index (χ0) is 14.7. The van der Waals surface area contributed by atoms with Crippen LogP contribution in [0.25, 0.3) is 22.2 Å². The van der Waals surface area contributed by atoms with E-state index >= 15 is 0 Å². The molecule has 0 aliphatic heterocycles. The molecule has 0 spiro atoms. The maximum atomic E-state index is 5.12. The van der Waals surface area contributed by atoms with Crippen LogP contribution in [0.15, 0.2) is 42.6 Å². The molecule has 106 valence electrons. The summed E-state index contributed by atoms with van der Waals surface area (Å²) in [4.78, 5) is 13.3. The van der Waals surface area contributed by atoms with Crippen LogP contribution in [-0.4, -0.2) is 29.1 Å². The molecular weight excluding hydrogens is 264 g/mol. The minimum absolute atomic E-state index is 0.383. The Hall–Kier alpha value is -2.53. The summed E-state index contributed by atoms with van der Waals surface area (Å²) in [5, 5.41) is 4.16. The van der Waals surface area contributed by atoms with E-state index in [4.69, 9.17) is 4.74 Å². The summed E-state index contributed by atoms with van der Waals surface area (Å²) in [5.74, 6) is 1.42. The van der Waals surface area contributed by atoms with Crippen molar-refractivity contribution in [3.05, 3.63) is 48.4 Å². The SMILES string of the molecule is CNc1cc(-c2ccc3cccnc3c2)nc(COC)n1. The van der Waals surface area contributed by atoms with Crippen molar-refractivity contribution < 1.29 is 4.74 Å². The van der Waals surface area contributed by atoms with Crippen LogP contribution in [0.4, 0.5) is 5.82 Å². The first-order valence-electron chi connectivity index (χ1n) is 6.70. The Morgan fingerprint density at radius 3 is 2.86 bits per heavy atom. The third-order valence-corrected chi connectivity index (χ3v) is 3.20. The van der Waals surface area contributed by atoms with E-state index in [1.54, 1.807) is 13.3 Å². The number of fused-ring (bicyclic) bond motifs is 1. The first kappa shape index (κ1) is 13.5. The predicted octanol–water partition coefficient (Wildman–Crippen LogP) is 2.88. The largest absolute Gasteiger partial charge is 0.377 e. The molecular formula is C16H16N4O. The van der Waals surface area contributed by atoms with Gasteiger partial charge in [-0.1, -0.05) is 18.2 Å². The molecule has 5 nitrogen and oxygen atoms in total. The lowest BCUT2D eigenvalue weighted by atomic mass is 10.1. The van der Waals surface area contributed by atoms with Crippen molar-refractivity contribution in [1.29, 1.82) is 0 Å². The highest BCUT2D eigenvalue weighted by atomic mass is 16.5.